The predicted molar refractivity (Wildman–Crippen MR) is 117 cm³/mol. The van der Waals surface area contributed by atoms with E-state index >= 15 is 0 Å². The molecule has 2 fully saturated rings. The molecule has 32 heavy (non-hydrogen) atoms. The second-order valence-corrected chi connectivity index (χ2v) is 8.18. The van der Waals surface area contributed by atoms with Gasteiger partial charge in [0, 0.05) is 17.3 Å². The van der Waals surface area contributed by atoms with Gasteiger partial charge in [-0.15, -0.1) is 0 Å². The third-order valence-corrected chi connectivity index (χ3v) is 6.13. The Kier molecular flexibility index (Phi) is 6.39. The molecule has 2 N–H and O–H groups in total. The van der Waals surface area contributed by atoms with Gasteiger partial charge in [-0.05, 0) is 61.4 Å². The number of carbonyl (C=O) groups is 3. The van der Waals surface area contributed by atoms with Gasteiger partial charge in [0.05, 0.1) is 19.6 Å². The number of carbonyl (C=O) groups excluding carboxylic acids is 3. The molecule has 2 aromatic rings. The highest BCUT2D eigenvalue weighted by atomic mass is 19.1. The number of rotatable bonds is 5. The van der Waals surface area contributed by atoms with Crippen LogP contribution in [0.1, 0.15) is 42.5 Å². The van der Waals surface area contributed by atoms with E-state index in [1.54, 1.807) is 36.3 Å². The van der Waals surface area contributed by atoms with Crippen molar-refractivity contribution >= 4 is 23.4 Å². The molecular weight excluding hydrogens is 413 g/mol. The Morgan fingerprint density at radius 3 is 2.47 bits per heavy atom. The van der Waals surface area contributed by atoms with E-state index in [4.69, 9.17) is 4.74 Å². The Morgan fingerprint density at radius 2 is 1.78 bits per heavy atom. The van der Waals surface area contributed by atoms with Gasteiger partial charge >= 0.3 is 0 Å². The lowest BCUT2D eigenvalue weighted by Crippen LogP contribution is -2.68. The van der Waals surface area contributed by atoms with Gasteiger partial charge in [0.2, 0.25) is 11.8 Å². The van der Waals surface area contributed by atoms with E-state index in [1.165, 1.54) is 24.3 Å². The molecule has 7 nitrogen and oxygen atoms in total. The lowest BCUT2D eigenvalue weighted by Gasteiger charge is -2.48. The summed E-state index contributed by atoms with van der Waals surface area (Å²) < 4.78 is 18.5. The minimum atomic E-state index is -0.940. The molecule has 1 aliphatic heterocycles. The number of amides is 3. The number of nitrogens with one attached hydrogen (secondary N) is 2. The van der Waals surface area contributed by atoms with E-state index in [0.717, 1.165) is 25.7 Å². The van der Waals surface area contributed by atoms with Crippen LogP contribution in [0.5, 0.6) is 5.75 Å². The van der Waals surface area contributed by atoms with Crippen LogP contribution in [0.15, 0.2) is 48.5 Å². The van der Waals surface area contributed by atoms with E-state index in [9.17, 15) is 18.8 Å². The maximum absolute atomic E-state index is 13.4. The number of fused-ring (bicyclic) bond motifs is 1. The first-order chi connectivity index (χ1) is 15.5. The fourth-order valence-corrected chi connectivity index (χ4v) is 4.54. The first-order valence-corrected chi connectivity index (χ1v) is 10.8. The molecule has 0 unspecified atom stereocenters. The molecule has 0 spiro atoms. The highest BCUT2D eigenvalue weighted by molar-refractivity contribution is 6.01. The summed E-state index contributed by atoms with van der Waals surface area (Å²) in [5, 5.41) is 5.79. The van der Waals surface area contributed by atoms with Gasteiger partial charge in [0.25, 0.3) is 5.91 Å². The molecule has 3 atom stereocenters. The largest absolute Gasteiger partial charge is 0.497 e. The van der Waals surface area contributed by atoms with Crippen LogP contribution in [0.3, 0.4) is 0 Å². The Bertz CT molecular complexity index is 993. The van der Waals surface area contributed by atoms with Crippen molar-refractivity contribution in [1.82, 2.24) is 10.2 Å². The standard InChI is InChI=1S/C24H26FN3O4/c1-32-18-12-10-17(11-13-18)26-22(29)14-21-23(30)27-19-4-2-3-5-20(19)28(21)24(31)15-6-8-16(25)9-7-15/h6-13,19-21H,2-5,14H2,1H3,(H,26,29)(H,27,30)/t19-,20+,21+/m0/s1. The van der Waals surface area contributed by atoms with Crippen LogP contribution in [0.4, 0.5) is 10.1 Å². The summed E-state index contributed by atoms with van der Waals surface area (Å²) in [6.07, 6.45) is 3.27. The quantitative estimate of drug-likeness (QED) is 0.750. The number of halogens is 1. The molecule has 168 valence electrons. The molecule has 1 saturated heterocycles. The zero-order valence-corrected chi connectivity index (χ0v) is 17.8. The van der Waals surface area contributed by atoms with Gasteiger partial charge in [0.1, 0.15) is 17.6 Å². The van der Waals surface area contributed by atoms with Crippen LogP contribution < -0.4 is 15.4 Å². The molecule has 4 rings (SSSR count). The molecule has 0 bridgehead atoms. The first kappa shape index (κ1) is 21.8. The lowest BCUT2D eigenvalue weighted by molar-refractivity contribution is -0.135. The SMILES string of the molecule is COc1ccc(NC(=O)C[C@@H]2C(=O)N[C@H]3CCCC[C@H]3N2C(=O)c2ccc(F)cc2)cc1. The third kappa shape index (κ3) is 4.59. The molecule has 1 heterocycles. The van der Waals surface area contributed by atoms with Gasteiger partial charge in [0.15, 0.2) is 0 Å². The number of methoxy groups -OCH3 is 1. The fraction of sp³-hybridized carbons (Fsp3) is 0.375. The van der Waals surface area contributed by atoms with Crippen LogP contribution >= 0.6 is 0 Å². The van der Waals surface area contributed by atoms with Crippen molar-refractivity contribution in [2.75, 3.05) is 12.4 Å². The molecule has 0 radical (unpaired) electrons. The van der Waals surface area contributed by atoms with Gasteiger partial charge in [-0.25, -0.2) is 4.39 Å². The van der Waals surface area contributed by atoms with Crippen molar-refractivity contribution in [2.45, 2.75) is 50.2 Å². The second-order valence-electron chi connectivity index (χ2n) is 8.18. The average Bonchev–Trinajstić information content (AvgIpc) is 2.80. The normalized spacial score (nSPS) is 22.5. The van der Waals surface area contributed by atoms with Crippen LogP contribution in [-0.4, -0.2) is 47.9 Å². The number of ether oxygens (including phenoxy) is 1. The third-order valence-electron chi connectivity index (χ3n) is 6.13. The van der Waals surface area contributed by atoms with E-state index in [0.29, 0.717) is 17.0 Å². The molecule has 2 aliphatic rings. The summed E-state index contributed by atoms with van der Waals surface area (Å²) >= 11 is 0. The van der Waals surface area contributed by atoms with E-state index in [-0.39, 0.29) is 36.2 Å². The van der Waals surface area contributed by atoms with Crippen molar-refractivity contribution < 1.29 is 23.5 Å². The Balaban J connectivity index is 1.56. The molecule has 2 aromatic carbocycles. The number of piperazine rings is 1. The maximum Gasteiger partial charge on any atom is 0.254 e. The van der Waals surface area contributed by atoms with Crippen LogP contribution in [0.25, 0.3) is 0 Å². The molecule has 1 saturated carbocycles. The minimum Gasteiger partial charge on any atom is -0.497 e. The monoisotopic (exact) mass is 439 g/mol. The Hall–Kier alpha value is -3.42. The fourth-order valence-electron chi connectivity index (χ4n) is 4.54. The minimum absolute atomic E-state index is 0.137. The average molecular weight is 439 g/mol. The summed E-state index contributed by atoms with van der Waals surface area (Å²) in [6.45, 7) is 0. The lowest BCUT2D eigenvalue weighted by atomic mass is 9.84. The number of hydrogen-bond acceptors (Lipinski definition) is 4. The van der Waals surface area contributed by atoms with Gasteiger partial charge in [-0.1, -0.05) is 12.8 Å². The van der Waals surface area contributed by atoms with Crippen molar-refractivity contribution in [1.29, 1.82) is 0 Å². The van der Waals surface area contributed by atoms with E-state index < -0.39 is 11.9 Å². The van der Waals surface area contributed by atoms with Crippen LogP contribution in [0.2, 0.25) is 0 Å². The smallest absolute Gasteiger partial charge is 0.254 e. The second kappa shape index (κ2) is 9.38. The summed E-state index contributed by atoms with van der Waals surface area (Å²) in [7, 11) is 1.56. The van der Waals surface area contributed by atoms with Crippen molar-refractivity contribution in [3.05, 3.63) is 59.9 Å². The molecule has 3 amide bonds. The first-order valence-electron chi connectivity index (χ1n) is 10.8. The van der Waals surface area contributed by atoms with Crippen molar-refractivity contribution in [2.24, 2.45) is 0 Å². The number of hydrogen-bond donors (Lipinski definition) is 2. The highest BCUT2D eigenvalue weighted by Gasteiger charge is 2.46. The Labute approximate surface area is 185 Å². The topological polar surface area (TPSA) is 87.7 Å². The van der Waals surface area contributed by atoms with Gasteiger partial charge in [-0.2, -0.15) is 0 Å². The molecule has 0 aromatic heterocycles. The molecular formula is C24H26FN3O4. The van der Waals surface area contributed by atoms with Crippen molar-refractivity contribution in [3.63, 3.8) is 0 Å². The highest BCUT2D eigenvalue weighted by Crippen LogP contribution is 2.31. The van der Waals surface area contributed by atoms with Gasteiger partial charge < -0.3 is 20.3 Å². The summed E-state index contributed by atoms with van der Waals surface area (Å²) in [6, 6.07) is 10.9. The Morgan fingerprint density at radius 1 is 1.09 bits per heavy atom. The van der Waals surface area contributed by atoms with Gasteiger partial charge in [-0.3, -0.25) is 14.4 Å². The summed E-state index contributed by atoms with van der Waals surface area (Å²) in [4.78, 5) is 40.7. The molecule has 8 heteroatoms. The summed E-state index contributed by atoms with van der Waals surface area (Å²) in [5.74, 6) is -0.855. The number of benzene rings is 2. The predicted octanol–water partition coefficient (Wildman–Crippen LogP) is 3.11. The maximum atomic E-state index is 13.4. The molecule has 1 aliphatic carbocycles. The zero-order chi connectivity index (χ0) is 22.7. The van der Waals surface area contributed by atoms with E-state index in [1.807, 2.05) is 0 Å². The van der Waals surface area contributed by atoms with Crippen molar-refractivity contribution in [3.8, 4) is 5.75 Å². The number of anilines is 1. The van der Waals surface area contributed by atoms with Crippen LogP contribution in [-0.2, 0) is 9.59 Å². The zero-order valence-electron chi connectivity index (χ0n) is 17.8. The van der Waals surface area contributed by atoms with Crippen LogP contribution in [0, 0.1) is 5.82 Å². The number of nitrogens with zero attached hydrogens (tertiary/aromatic N) is 1. The van der Waals surface area contributed by atoms with E-state index in [2.05, 4.69) is 10.6 Å². The summed E-state index contributed by atoms with van der Waals surface area (Å²) in [5.41, 5.74) is 0.866.